The summed E-state index contributed by atoms with van der Waals surface area (Å²) in [6.45, 7) is 6.28. The number of anilines is 3. The minimum absolute atomic E-state index is 0.135. The third-order valence-corrected chi connectivity index (χ3v) is 7.25. The van der Waals surface area contributed by atoms with E-state index in [0.29, 0.717) is 6.42 Å². The van der Waals surface area contributed by atoms with Gasteiger partial charge < -0.3 is 20.3 Å². The van der Waals surface area contributed by atoms with E-state index in [2.05, 4.69) is 77.9 Å². The highest BCUT2D eigenvalue weighted by atomic mass is 16.5. The first-order valence-electron chi connectivity index (χ1n) is 12.5. The van der Waals surface area contributed by atoms with Gasteiger partial charge >= 0.3 is 0 Å². The number of rotatable bonds is 6. The van der Waals surface area contributed by atoms with E-state index in [0.717, 1.165) is 59.0 Å². The minimum atomic E-state index is -0.198. The van der Waals surface area contributed by atoms with Crippen LogP contribution in [-0.4, -0.2) is 26.0 Å². The van der Waals surface area contributed by atoms with Gasteiger partial charge in [0, 0.05) is 36.5 Å². The van der Waals surface area contributed by atoms with Gasteiger partial charge in [0.1, 0.15) is 5.75 Å². The Morgan fingerprint density at radius 1 is 0.857 bits per heavy atom. The molecule has 0 fully saturated rings. The van der Waals surface area contributed by atoms with Crippen LogP contribution in [0.5, 0.6) is 5.75 Å². The van der Waals surface area contributed by atoms with Crippen molar-refractivity contribution in [2.75, 3.05) is 35.7 Å². The number of hydrogen-bond acceptors (Lipinski definition) is 5. The van der Waals surface area contributed by atoms with Crippen LogP contribution in [0.15, 0.2) is 84.1 Å². The maximum atomic E-state index is 13.7. The number of carbonyl (C=O) groups is 1. The highest BCUT2D eigenvalue weighted by molar-refractivity contribution is 6.01. The Hall–Kier alpha value is -3.73. The van der Waals surface area contributed by atoms with Gasteiger partial charge in [0.25, 0.3) is 0 Å². The summed E-state index contributed by atoms with van der Waals surface area (Å²) in [4.78, 5) is 16.1. The van der Waals surface area contributed by atoms with E-state index in [1.54, 1.807) is 7.11 Å². The van der Waals surface area contributed by atoms with Crippen LogP contribution in [0, 0.1) is 0 Å². The average Bonchev–Trinajstić information content (AvgIpc) is 3.07. The van der Waals surface area contributed by atoms with Crippen LogP contribution >= 0.6 is 0 Å². The summed E-state index contributed by atoms with van der Waals surface area (Å²) in [6.07, 6.45) is 1.29. The number of ketones is 1. The van der Waals surface area contributed by atoms with Gasteiger partial charge in [0.05, 0.1) is 24.5 Å². The minimum Gasteiger partial charge on any atom is -0.497 e. The van der Waals surface area contributed by atoms with Gasteiger partial charge in [-0.3, -0.25) is 4.79 Å². The van der Waals surface area contributed by atoms with Gasteiger partial charge in [0.15, 0.2) is 5.78 Å². The summed E-state index contributed by atoms with van der Waals surface area (Å²) in [5.74, 6) is 1.16. The molecule has 1 heterocycles. The molecule has 1 aliphatic carbocycles. The van der Waals surface area contributed by atoms with E-state index in [9.17, 15) is 4.79 Å². The molecule has 0 aromatic heterocycles. The maximum Gasteiger partial charge on any atom is 0.163 e. The second kappa shape index (κ2) is 9.87. The Labute approximate surface area is 207 Å². The molecule has 3 aromatic rings. The molecule has 5 heteroatoms. The predicted molar refractivity (Wildman–Crippen MR) is 143 cm³/mol. The van der Waals surface area contributed by atoms with E-state index in [1.165, 1.54) is 5.69 Å². The molecule has 0 amide bonds. The Morgan fingerprint density at radius 2 is 1.51 bits per heavy atom. The number of carbonyl (C=O) groups excluding carboxylic acids is 1. The Bertz CT molecular complexity index is 1230. The highest BCUT2D eigenvalue weighted by Crippen LogP contribution is 2.44. The van der Waals surface area contributed by atoms with Crippen molar-refractivity contribution >= 4 is 22.8 Å². The second-order valence-corrected chi connectivity index (χ2v) is 9.21. The van der Waals surface area contributed by atoms with Gasteiger partial charge in [-0.2, -0.15) is 0 Å². The van der Waals surface area contributed by atoms with Crippen molar-refractivity contribution in [3.05, 3.63) is 95.2 Å². The van der Waals surface area contributed by atoms with Crippen LogP contribution in [-0.2, 0) is 4.79 Å². The number of Topliss-reactive ketones (excluding diaryl/α,β-unsaturated/α-hetero) is 1. The van der Waals surface area contributed by atoms with Crippen LogP contribution in [0.2, 0.25) is 0 Å². The zero-order valence-corrected chi connectivity index (χ0v) is 20.7. The number of nitrogens with zero attached hydrogens (tertiary/aromatic N) is 1. The van der Waals surface area contributed by atoms with Crippen LogP contribution in [0.1, 0.15) is 49.8 Å². The summed E-state index contributed by atoms with van der Waals surface area (Å²) in [5, 5.41) is 7.31. The molecule has 2 aliphatic rings. The summed E-state index contributed by atoms with van der Waals surface area (Å²) in [7, 11) is 1.67. The summed E-state index contributed by atoms with van der Waals surface area (Å²) < 4.78 is 5.32. The molecular weight excluding hydrogens is 434 g/mol. The Kier molecular flexibility index (Phi) is 6.49. The van der Waals surface area contributed by atoms with E-state index >= 15 is 0 Å². The molecule has 3 aromatic carbocycles. The van der Waals surface area contributed by atoms with Gasteiger partial charge in [-0.05, 0) is 73.7 Å². The zero-order valence-electron chi connectivity index (χ0n) is 20.7. The first-order valence-corrected chi connectivity index (χ1v) is 12.5. The van der Waals surface area contributed by atoms with E-state index in [-0.39, 0.29) is 17.7 Å². The van der Waals surface area contributed by atoms with E-state index < -0.39 is 0 Å². The van der Waals surface area contributed by atoms with Crippen molar-refractivity contribution in [1.82, 2.24) is 0 Å². The molecule has 0 radical (unpaired) electrons. The van der Waals surface area contributed by atoms with E-state index in [4.69, 9.17) is 4.74 Å². The van der Waals surface area contributed by atoms with Crippen LogP contribution in [0.4, 0.5) is 17.1 Å². The Balaban J connectivity index is 1.53. The first-order chi connectivity index (χ1) is 17.1. The number of nitrogens with one attached hydrogen (secondary N) is 2. The summed E-state index contributed by atoms with van der Waals surface area (Å²) >= 11 is 0. The van der Waals surface area contributed by atoms with Crippen molar-refractivity contribution in [1.29, 1.82) is 0 Å². The fraction of sp³-hybridized carbons (Fsp3) is 0.300. The lowest BCUT2D eigenvalue weighted by atomic mass is 9.78. The van der Waals surface area contributed by atoms with Gasteiger partial charge in [-0.25, -0.2) is 0 Å². The molecule has 0 saturated carbocycles. The fourth-order valence-corrected chi connectivity index (χ4v) is 5.32. The molecule has 2 N–H and O–H groups in total. The molecule has 5 rings (SSSR count). The molecule has 0 spiro atoms. The maximum absolute atomic E-state index is 13.7. The standard InChI is InChI=1S/C30H33N3O2/c1-4-33(5-2)23-14-10-21(11-15-23)30-29-27(31-25-8-6-7-9-26(25)32-30)18-22(19-28(29)34)20-12-16-24(35-3)17-13-20/h6-17,22,30-32H,4-5,18-19H2,1-3H3/t22-,30-/m0/s1. The lowest BCUT2D eigenvalue weighted by Gasteiger charge is -2.30. The smallest absolute Gasteiger partial charge is 0.163 e. The zero-order chi connectivity index (χ0) is 24.4. The SMILES string of the molecule is CCN(CC)c1ccc([C@@H]2Nc3ccccc3NC3=C2C(=O)C[C@@H](c2ccc(OC)cc2)C3)cc1. The number of allylic oxidation sites excluding steroid dienone is 1. The molecule has 2 atom stereocenters. The number of hydrogen-bond donors (Lipinski definition) is 2. The van der Waals surface area contributed by atoms with Gasteiger partial charge in [0.2, 0.25) is 0 Å². The number of benzene rings is 3. The van der Waals surface area contributed by atoms with Crippen molar-refractivity contribution in [2.45, 2.75) is 38.6 Å². The molecule has 0 unspecified atom stereocenters. The number of methoxy groups -OCH3 is 1. The molecule has 180 valence electrons. The number of fused-ring (bicyclic) bond motifs is 1. The lowest BCUT2D eigenvalue weighted by Crippen LogP contribution is -2.27. The first kappa shape index (κ1) is 23.0. The van der Waals surface area contributed by atoms with Crippen molar-refractivity contribution < 1.29 is 9.53 Å². The largest absolute Gasteiger partial charge is 0.497 e. The van der Waals surface area contributed by atoms with Crippen LogP contribution in [0.25, 0.3) is 0 Å². The molecule has 1 aliphatic heterocycles. The monoisotopic (exact) mass is 467 g/mol. The Morgan fingerprint density at radius 3 is 2.17 bits per heavy atom. The second-order valence-electron chi connectivity index (χ2n) is 9.21. The molecule has 35 heavy (non-hydrogen) atoms. The molecule has 0 bridgehead atoms. The third-order valence-electron chi connectivity index (χ3n) is 7.25. The number of para-hydroxylation sites is 2. The van der Waals surface area contributed by atoms with Crippen molar-refractivity contribution in [3.63, 3.8) is 0 Å². The number of ether oxygens (including phenoxy) is 1. The van der Waals surface area contributed by atoms with Crippen molar-refractivity contribution in [3.8, 4) is 5.75 Å². The topological polar surface area (TPSA) is 53.6 Å². The molecular formula is C30H33N3O2. The van der Waals surface area contributed by atoms with Gasteiger partial charge in [-0.15, -0.1) is 0 Å². The lowest BCUT2D eigenvalue weighted by molar-refractivity contribution is -0.116. The van der Waals surface area contributed by atoms with Gasteiger partial charge in [-0.1, -0.05) is 36.4 Å². The quantitative estimate of drug-likeness (QED) is 0.432. The average molecular weight is 468 g/mol. The third kappa shape index (κ3) is 4.51. The molecule has 0 saturated heterocycles. The molecule has 5 nitrogen and oxygen atoms in total. The summed E-state index contributed by atoms with van der Waals surface area (Å²) in [5.41, 5.74) is 7.34. The van der Waals surface area contributed by atoms with Crippen LogP contribution in [0.3, 0.4) is 0 Å². The highest BCUT2D eigenvalue weighted by Gasteiger charge is 2.36. The fourth-order valence-electron chi connectivity index (χ4n) is 5.32. The van der Waals surface area contributed by atoms with E-state index in [1.807, 2.05) is 24.3 Å². The summed E-state index contributed by atoms with van der Waals surface area (Å²) in [6, 6.07) is 24.8. The predicted octanol–water partition coefficient (Wildman–Crippen LogP) is 6.52. The normalized spacial score (nSPS) is 19.1. The van der Waals surface area contributed by atoms with Crippen molar-refractivity contribution in [2.24, 2.45) is 0 Å². The van der Waals surface area contributed by atoms with Crippen LogP contribution < -0.4 is 20.3 Å².